The van der Waals surface area contributed by atoms with Gasteiger partial charge in [-0.15, -0.1) is 0 Å². The fraction of sp³-hybridized carbons (Fsp3) is 0.423. The smallest absolute Gasteiger partial charge is 0.320 e. The minimum Gasteiger partial charge on any atom is -0.462 e. The molecule has 35 heavy (non-hydrogen) atoms. The van der Waals surface area contributed by atoms with Crippen molar-refractivity contribution in [3.8, 4) is 0 Å². The van der Waals surface area contributed by atoms with Crippen molar-refractivity contribution in [2.24, 2.45) is 5.10 Å². The Balaban J connectivity index is 1.31. The van der Waals surface area contributed by atoms with Gasteiger partial charge in [0.1, 0.15) is 6.61 Å². The first kappa shape index (κ1) is 24.8. The van der Waals surface area contributed by atoms with E-state index in [1.165, 1.54) is 5.56 Å². The van der Waals surface area contributed by atoms with Crippen molar-refractivity contribution in [1.29, 1.82) is 0 Å². The van der Waals surface area contributed by atoms with Gasteiger partial charge >= 0.3 is 5.97 Å². The van der Waals surface area contributed by atoms with E-state index in [1.807, 2.05) is 35.3 Å². The van der Waals surface area contributed by atoms with Gasteiger partial charge in [0.15, 0.2) is 0 Å². The highest BCUT2D eigenvalue weighted by molar-refractivity contribution is 6.04. The Hall–Kier alpha value is -3.27. The van der Waals surface area contributed by atoms with Crippen LogP contribution in [0.1, 0.15) is 27.0 Å². The molecule has 0 atom stereocenters. The van der Waals surface area contributed by atoms with Crippen LogP contribution in [0.25, 0.3) is 0 Å². The summed E-state index contributed by atoms with van der Waals surface area (Å²) in [5.41, 5.74) is 4.58. The molecule has 0 radical (unpaired) electrons. The van der Waals surface area contributed by atoms with Crippen LogP contribution in [-0.2, 0) is 32.0 Å². The van der Waals surface area contributed by atoms with E-state index in [-0.39, 0.29) is 25.0 Å². The topological polar surface area (TPSA) is 92.7 Å². The quantitative estimate of drug-likeness (QED) is 0.334. The number of rotatable bonds is 9. The number of fused-ring (bicyclic) bond motifs is 1. The molecular formula is C26H32N4O5. The fourth-order valence-corrected chi connectivity index (χ4v) is 4.04. The SMILES string of the molecule is COCCOC(=O)CN1CCc2ccc(NC(=O)c3ccc(C=NN4CCOCC4)cc3)cc2C1. The Bertz CT molecular complexity index is 1030. The maximum Gasteiger partial charge on any atom is 0.320 e. The van der Waals surface area contributed by atoms with Crippen molar-refractivity contribution >= 4 is 23.8 Å². The molecule has 1 amide bonds. The molecule has 2 aliphatic rings. The highest BCUT2D eigenvalue weighted by Crippen LogP contribution is 2.23. The standard InChI is InChI=1S/C26H32N4O5/c1-33-14-15-35-25(31)19-29-9-8-21-6-7-24(16-23(21)18-29)28-26(32)22-4-2-20(3-5-22)17-27-30-10-12-34-13-11-30/h2-7,16-17H,8-15,18-19H2,1H3,(H,28,32). The number of esters is 1. The molecule has 2 aromatic carbocycles. The van der Waals surface area contributed by atoms with E-state index >= 15 is 0 Å². The molecule has 0 aromatic heterocycles. The van der Waals surface area contributed by atoms with E-state index in [9.17, 15) is 9.59 Å². The summed E-state index contributed by atoms with van der Waals surface area (Å²) in [5.74, 6) is -0.426. The third kappa shape index (κ3) is 7.35. The predicted octanol–water partition coefficient (Wildman–Crippen LogP) is 2.15. The van der Waals surface area contributed by atoms with Crippen LogP contribution in [0.3, 0.4) is 0 Å². The molecule has 2 heterocycles. The van der Waals surface area contributed by atoms with Gasteiger partial charge in [-0.25, -0.2) is 0 Å². The van der Waals surface area contributed by atoms with E-state index in [4.69, 9.17) is 14.2 Å². The zero-order valence-corrected chi connectivity index (χ0v) is 20.1. The molecule has 9 nitrogen and oxygen atoms in total. The lowest BCUT2D eigenvalue weighted by atomic mass is 9.99. The Labute approximate surface area is 205 Å². The maximum atomic E-state index is 12.8. The van der Waals surface area contributed by atoms with Gasteiger partial charge in [0.05, 0.1) is 45.7 Å². The van der Waals surface area contributed by atoms with Gasteiger partial charge in [0.2, 0.25) is 0 Å². The van der Waals surface area contributed by atoms with Crippen LogP contribution in [0.2, 0.25) is 0 Å². The first-order chi connectivity index (χ1) is 17.1. The highest BCUT2D eigenvalue weighted by Gasteiger charge is 2.20. The van der Waals surface area contributed by atoms with Crippen LogP contribution in [0.15, 0.2) is 47.6 Å². The highest BCUT2D eigenvalue weighted by atomic mass is 16.6. The summed E-state index contributed by atoms with van der Waals surface area (Å²) in [4.78, 5) is 26.9. The van der Waals surface area contributed by atoms with Gasteiger partial charge in [-0.3, -0.25) is 19.5 Å². The molecule has 1 N–H and O–H groups in total. The third-order valence-electron chi connectivity index (χ3n) is 5.99. The van der Waals surface area contributed by atoms with Crippen LogP contribution >= 0.6 is 0 Å². The minimum atomic E-state index is -0.256. The van der Waals surface area contributed by atoms with Crippen molar-refractivity contribution in [3.05, 3.63) is 64.7 Å². The minimum absolute atomic E-state index is 0.170. The fourth-order valence-electron chi connectivity index (χ4n) is 4.04. The number of nitrogens with zero attached hydrogens (tertiary/aromatic N) is 3. The first-order valence-corrected chi connectivity index (χ1v) is 11.9. The van der Waals surface area contributed by atoms with Crippen LogP contribution < -0.4 is 5.32 Å². The Morgan fingerprint density at radius 1 is 1.06 bits per heavy atom. The summed E-state index contributed by atoms with van der Waals surface area (Å²) in [6, 6.07) is 13.3. The number of methoxy groups -OCH3 is 1. The van der Waals surface area contributed by atoms with Gasteiger partial charge in [-0.2, -0.15) is 5.10 Å². The molecule has 2 aliphatic heterocycles. The molecule has 9 heteroatoms. The van der Waals surface area contributed by atoms with Crippen LogP contribution in [0, 0.1) is 0 Å². The van der Waals surface area contributed by atoms with Gasteiger partial charge in [-0.05, 0) is 47.4 Å². The van der Waals surface area contributed by atoms with Crippen molar-refractivity contribution in [1.82, 2.24) is 9.91 Å². The van der Waals surface area contributed by atoms with Crippen molar-refractivity contribution < 1.29 is 23.8 Å². The van der Waals surface area contributed by atoms with Crippen LogP contribution in [0.4, 0.5) is 5.69 Å². The Morgan fingerprint density at radius 2 is 1.86 bits per heavy atom. The average molecular weight is 481 g/mol. The molecule has 0 spiro atoms. The molecule has 1 saturated heterocycles. The molecule has 0 saturated carbocycles. The number of carbonyl (C=O) groups excluding carboxylic acids is 2. The number of morpholine rings is 1. The number of amides is 1. The lowest BCUT2D eigenvalue weighted by molar-refractivity contribution is -0.146. The molecule has 0 aliphatic carbocycles. The zero-order valence-electron chi connectivity index (χ0n) is 20.1. The number of ether oxygens (including phenoxy) is 3. The molecule has 0 bridgehead atoms. The number of nitrogens with one attached hydrogen (secondary N) is 1. The normalized spacial score (nSPS) is 16.2. The Kier molecular flexibility index (Phi) is 8.83. The summed E-state index contributed by atoms with van der Waals surface area (Å²) in [7, 11) is 1.57. The zero-order chi connectivity index (χ0) is 24.5. The number of hydrogen-bond acceptors (Lipinski definition) is 8. The monoisotopic (exact) mass is 480 g/mol. The number of carbonyl (C=O) groups is 2. The lowest BCUT2D eigenvalue weighted by Crippen LogP contribution is -2.35. The lowest BCUT2D eigenvalue weighted by Gasteiger charge is -2.28. The summed E-state index contributed by atoms with van der Waals surface area (Å²) in [5, 5.41) is 9.43. The number of benzene rings is 2. The van der Waals surface area contributed by atoms with E-state index < -0.39 is 0 Å². The molecule has 2 aromatic rings. The summed E-state index contributed by atoms with van der Waals surface area (Å²) in [6.45, 7) is 5.27. The van der Waals surface area contributed by atoms with Gasteiger partial charge in [-0.1, -0.05) is 18.2 Å². The van der Waals surface area contributed by atoms with Gasteiger partial charge in [0, 0.05) is 31.5 Å². The van der Waals surface area contributed by atoms with Crippen molar-refractivity contribution in [3.63, 3.8) is 0 Å². The van der Waals surface area contributed by atoms with Crippen LogP contribution in [-0.4, -0.2) is 87.7 Å². The van der Waals surface area contributed by atoms with Crippen molar-refractivity contribution in [2.75, 3.05) is 65.0 Å². The Morgan fingerprint density at radius 3 is 2.63 bits per heavy atom. The summed E-state index contributed by atoms with van der Waals surface area (Å²) < 4.78 is 15.4. The molecule has 0 unspecified atom stereocenters. The van der Waals surface area contributed by atoms with E-state index in [2.05, 4.69) is 15.3 Å². The largest absolute Gasteiger partial charge is 0.462 e. The second-order valence-electron chi connectivity index (χ2n) is 8.54. The number of hydrogen-bond donors (Lipinski definition) is 1. The van der Waals surface area contributed by atoms with E-state index in [0.717, 1.165) is 42.9 Å². The second-order valence-corrected chi connectivity index (χ2v) is 8.54. The van der Waals surface area contributed by atoms with E-state index in [0.29, 0.717) is 31.9 Å². The average Bonchev–Trinajstić information content (AvgIpc) is 2.88. The summed E-state index contributed by atoms with van der Waals surface area (Å²) >= 11 is 0. The predicted molar refractivity (Wildman–Crippen MR) is 133 cm³/mol. The number of hydrazone groups is 1. The molecular weight excluding hydrogens is 448 g/mol. The van der Waals surface area contributed by atoms with Gasteiger partial charge < -0.3 is 19.5 Å². The third-order valence-corrected chi connectivity index (χ3v) is 5.99. The molecule has 1 fully saturated rings. The molecule has 4 rings (SSSR count). The maximum absolute atomic E-state index is 12.8. The van der Waals surface area contributed by atoms with Crippen LogP contribution in [0.5, 0.6) is 0 Å². The number of anilines is 1. The second kappa shape index (κ2) is 12.4. The van der Waals surface area contributed by atoms with E-state index in [1.54, 1.807) is 25.5 Å². The first-order valence-electron chi connectivity index (χ1n) is 11.9. The van der Waals surface area contributed by atoms with Gasteiger partial charge in [0.25, 0.3) is 5.91 Å². The molecule has 186 valence electrons. The summed E-state index contributed by atoms with van der Waals surface area (Å²) in [6.07, 6.45) is 2.65. The van der Waals surface area contributed by atoms with Crippen molar-refractivity contribution in [2.45, 2.75) is 13.0 Å².